The van der Waals surface area contributed by atoms with Crippen molar-refractivity contribution in [3.63, 3.8) is 0 Å². The highest BCUT2D eigenvalue weighted by molar-refractivity contribution is 7.91. The molecular weight excluding hydrogens is 338 g/mol. The molecule has 2 aliphatic heterocycles. The van der Waals surface area contributed by atoms with Gasteiger partial charge in [-0.25, -0.2) is 8.42 Å². The zero-order chi connectivity index (χ0) is 17.9. The summed E-state index contributed by atoms with van der Waals surface area (Å²) in [5, 5.41) is 6.99. The second-order valence-electron chi connectivity index (χ2n) is 8.33. The van der Waals surface area contributed by atoms with E-state index >= 15 is 0 Å². The van der Waals surface area contributed by atoms with Crippen molar-refractivity contribution in [2.75, 3.05) is 24.7 Å². The van der Waals surface area contributed by atoms with E-state index in [1.807, 2.05) is 0 Å². The first-order valence-electron chi connectivity index (χ1n) is 9.78. The molecule has 0 radical (unpaired) electrons. The minimum Gasteiger partial charge on any atom is -0.375 e. The molecule has 1 aliphatic carbocycles. The number of nitrogens with one attached hydrogen (secondary N) is 2. The molecule has 1 spiro atoms. The molecule has 3 aliphatic rings. The number of sulfone groups is 1. The van der Waals surface area contributed by atoms with Crippen LogP contribution in [-0.4, -0.2) is 56.7 Å². The fraction of sp³-hybridized carbons (Fsp3) is 0.944. The summed E-state index contributed by atoms with van der Waals surface area (Å²) in [6.07, 6.45) is 7.68. The van der Waals surface area contributed by atoms with Crippen LogP contribution in [-0.2, 0) is 14.6 Å². The lowest BCUT2D eigenvalue weighted by Crippen LogP contribution is -2.51. The molecule has 1 saturated carbocycles. The summed E-state index contributed by atoms with van der Waals surface area (Å²) in [5.74, 6) is 1.58. The van der Waals surface area contributed by atoms with Crippen LogP contribution < -0.4 is 10.6 Å². The Balaban J connectivity index is 1.59. The van der Waals surface area contributed by atoms with Crippen LogP contribution in [0.15, 0.2) is 4.99 Å². The maximum atomic E-state index is 11.6. The van der Waals surface area contributed by atoms with Gasteiger partial charge in [-0.2, -0.15) is 0 Å². The molecule has 3 fully saturated rings. The van der Waals surface area contributed by atoms with Gasteiger partial charge in [0.05, 0.1) is 17.1 Å². The fourth-order valence-corrected chi connectivity index (χ4v) is 6.20. The molecule has 0 aromatic heterocycles. The van der Waals surface area contributed by atoms with Gasteiger partial charge in [0.25, 0.3) is 0 Å². The molecule has 3 rings (SSSR count). The molecule has 2 atom stereocenters. The fourth-order valence-electron chi connectivity index (χ4n) is 4.35. The largest absolute Gasteiger partial charge is 0.375 e. The van der Waals surface area contributed by atoms with Crippen LogP contribution in [0.5, 0.6) is 0 Å². The first-order valence-corrected chi connectivity index (χ1v) is 11.6. The molecule has 25 heavy (non-hydrogen) atoms. The lowest BCUT2D eigenvalue weighted by Gasteiger charge is -2.39. The van der Waals surface area contributed by atoms with Gasteiger partial charge < -0.3 is 15.4 Å². The highest BCUT2D eigenvalue weighted by Gasteiger charge is 2.40. The number of ether oxygens (including phenoxy) is 1. The molecule has 0 aromatic carbocycles. The van der Waals surface area contributed by atoms with Crippen molar-refractivity contribution in [3.8, 4) is 0 Å². The third-order valence-electron chi connectivity index (χ3n) is 5.61. The third kappa shape index (κ3) is 5.33. The van der Waals surface area contributed by atoms with E-state index in [9.17, 15) is 8.42 Å². The van der Waals surface area contributed by atoms with Crippen LogP contribution in [0.1, 0.15) is 58.8 Å². The highest BCUT2D eigenvalue weighted by Crippen LogP contribution is 2.39. The number of hydrogen-bond acceptors (Lipinski definition) is 4. The number of rotatable bonds is 4. The standard InChI is InChI=1S/C18H33N3O3S/c1-14(2)20-17(19-12-15-6-10-25(22,23)13-15)21-16-5-9-24-18(11-16)7-3-4-8-18/h14-16H,3-13H2,1-2H3,(H2,19,20,21). The Kier molecular flexibility index (Phi) is 5.93. The van der Waals surface area contributed by atoms with Gasteiger partial charge in [0.1, 0.15) is 0 Å². The Morgan fingerprint density at radius 3 is 2.68 bits per heavy atom. The van der Waals surface area contributed by atoms with Crippen molar-refractivity contribution in [1.29, 1.82) is 0 Å². The predicted molar refractivity (Wildman–Crippen MR) is 101 cm³/mol. The van der Waals surface area contributed by atoms with E-state index in [0.29, 0.717) is 24.4 Å². The molecule has 6 nitrogen and oxygen atoms in total. The van der Waals surface area contributed by atoms with Crippen molar-refractivity contribution < 1.29 is 13.2 Å². The van der Waals surface area contributed by atoms with Crippen molar-refractivity contribution in [2.45, 2.75) is 76.5 Å². The predicted octanol–water partition coefficient (Wildman–Crippen LogP) is 1.86. The summed E-state index contributed by atoms with van der Waals surface area (Å²) in [4.78, 5) is 4.71. The molecule has 0 amide bonds. The van der Waals surface area contributed by atoms with Crippen molar-refractivity contribution in [1.82, 2.24) is 10.6 Å². The monoisotopic (exact) mass is 371 g/mol. The summed E-state index contributed by atoms with van der Waals surface area (Å²) in [6, 6.07) is 0.669. The van der Waals surface area contributed by atoms with E-state index in [2.05, 4.69) is 24.5 Å². The minimum atomic E-state index is -2.84. The van der Waals surface area contributed by atoms with Crippen LogP contribution >= 0.6 is 0 Å². The van der Waals surface area contributed by atoms with Gasteiger partial charge in [0.15, 0.2) is 15.8 Å². The van der Waals surface area contributed by atoms with Crippen molar-refractivity contribution in [2.24, 2.45) is 10.9 Å². The van der Waals surface area contributed by atoms with E-state index in [4.69, 9.17) is 9.73 Å². The van der Waals surface area contributed by atoms with Gasteiger partial charge in [-0.1, -0.05) is 12.8 Å². The Morgan fingerprint density at radius 2 is 2.04 bits per heavy atom. The lowest BCUT2D eigenvalue weighted by molar-refractivity contribution is -0.0815. The number of nitrogens with zero attached hydrogens (tertiary/aromatic N) is 1. The summed E-state index contributed by atoms with van der Waals surface area (Å²) >= 11 is 0. The van der Waals surface area contributed by atoms with Crippen molar-refractivity contribution >= 4 is 15.8 Å². The van der Waals surface area contributed by atoms with E-state index in [1.165, 1.54) is 25.7 Å². The third-order valence-corrected chi connectivity index (χ3v) is 7.45. The van der Waals surface area contributed by atoms with Gasteiger partial charge >= 0.3 is 0 Å². The molecule has 7 heteroatoms. The van der Waals surface area contributed by atoms with E-state index in [0.717, 1.165) is 31.8 Å². The molecule has 2 heterocycles. The van der Waals surface area contributed by atoms with Crippen LogP contribution in [0.3, 0.4) is 0 Å². The highest BCUT2D eigenvalue weighted by atomic mass is 32.2. The number of aliphatic imine (C=N–C) groups is 1. The molecule has 144 valence electrons. The number of hydrogen-bond donors (Lipinski definition) is 2. The van der Waals surface area contributed by atoms with Gasteiger partial charge in [-0.05, 0) is 51.9 Å². The molecule has 0 aromatic rings. The first kappa shape index (κ1) is 19.0. The molecule has 2 saturated heterocycles. The normalized spacial score (nSPS) is 31.6. The molecule has 0 bridgehead atoms. The zero-order valence-corrected chi connectivity index (χ0v) is 16.4. The van der Waals surface area contributed by atoms with E-state index < -0.39 is 9.84 Å². The summed E-state index contributed by atoms with van der Waals surface area (Å²) < 4.78 is 29.4. The average Bonchev–Trinajstić information content (AvgIpc) is 3.11. The van der Waals surface area contributed by atoms with Gasteiger partial charge in [-0.15, -0.1) is 0 Å². The van der Waals surface area contributed by atoms with Crippen LogP contribution in [0.2, 0.25) is 0 Å². The smallest absolute Gasteiger partial charge is 0.191 e. The van der Waals surface area contributed by atoms with Crippen LogP contribution in [0.25, 0.3) is 0 Å². The van der Waals surface area contributed by atoms with Crippen molar-refractivity contribution in [3.05, 3.63) is 0 Å². The van der Waals surface area contributed by atoms with E-state index in [-0.39, 0.29) is 17.3 Å². The Morgan fingerprint density at radius 1 is 1.28 bits per heavy atom. The first-order chi connectivity index (χ1) is 11.9. The SMILES string of the molecule is CC(C)NC(=NCC1CCS(=O)(=O)C1)NC1CCOC2(CCCC2)C1. The second kappa shape index (κ2) is 7.82. The molecular formula is C18H33N3O3S. The summed E-state index contributed by atoms with van der Waals surface area (Å²) in [7, 11) is -2.84. The topological polar surface area (TPSA) is 79.8 Å². The Labute approximate surface area is 152 Å². The molecule has 2 unspecified atom stereocenters. The second-order valence-corrected chi connectivity index (χ2v) is 10.6. The van der Waals surface area contributed by atoms with Crippen LogP contribution in [0.4, 0.5) is 0 Å². The quantitative estimate of drug-likeness (QED) is 0.582. The number of guanidine groups is 1. The van der Waals surface area contributed by atoms with E-state index in [1.54, 1.807) is 0 Å². The lowest BCUT2D eigenvalue weighted by atomic mass is 9.89. The van der Waals surface area contributed by atoms with Gasteiger partial charge in [0.2, 0.25) is 0 Å². The van der Waals surface area contributed by atoms with Crippen LogP contribution in [0, 0.1) is 5.92 Å². The van der Waals surface area contributed by atoms with Gasteiger partial charge in [-0.3, -0.25) is 4.99 Å². The maximum Gasteiger partial charge on any atom is 0.191 e. The Bertz CT molecular complexity index is 582. The maximum absolute atomic E-state index is 11.6. The molecule has 2 N–H and O–H groups in total. The zero-order valence-electron chi connectivity index (χ0n) is 15.6. The minimum absolute atomic E-state index is 0.0817. The Hall–Kier alpha value is -0.820. The average molecular weight is 372 g/mol. The summed E-state index contributed by atoms with van der Waals surface area (Å²) in [6.45, 7) is 5.59. The van der Waals surface area contributed by atoms with Gasteiger partial charge in [0, 0.05) is 25.2 Å². The summed E-state index contributed by atoms with van der Waals surface area (Å²) in [5.41, 5.74) is 0.0817.